The second-order valence-corrected chi connectivity index (χ2v) is 13.3. The lowest BCUT2D eigenvalue weighted by atomic mass is 9.95. The van der Waals surface area contributed by atoms with Gasteiger partial charge < -0.3 is 24.2 Å². The van der Waals surface area contributed by atoms with Crippen LogP contribution in [0.5, 0.6) is 11.5 Å². The van der Waals surface area contributed by atoms with Gasteiger partial charge in [0.1, 0.15) is 11.5 Å². The predicted octanol–water partition coefficient (Wildman–Crippen LogP) is 5.27. The van der Waals surface area contributed by atoms with Crippen LogP contribution < -0.4 is 14.4 Å². The Labute approximate surface area is 281 Å². The molecule has 11 nitrogen and oxygen atoms in total. The Kier molecular flexibility index (Phi) is 10.2. The van der Waals surface area contributed by atoms with Crippen LogP contribution in [0.15, 0.2) is 54.9 Å². The van der Waals surface area contributed by atoms with Crippen LogP contribution in [0.25, 0.3) is 11.1 Å². The molecular weight excluding hydrogens is 620 g/mol. The smallest absolute Gasteiger partial charge is 0.266 e. The molecule has 2 aliphatic heterocycles. The quantitative estimate of drug-likeness (QED) is 0.279. The number of nitrogens with zero attached hydrogens (tertiary/aromatic N) is 5. The molecule has 3 fully saturated rings. The van der Waals surface area contributed by atoms with E-state index in [1.54, 1.807) is 30.0 Å². The van der Waals surface area contributed by atoms with Gasteiger partial charge in [-0.15, -0.1) is 0 Å². The van der Waals surface area contributed by atoms with Gasteiger partial charge in [0.15, 0.2) is 5.60 Å². The molecule has 6 rings (SSSR count). The van der Waals surface area contributed by atoms with Crippen LogP contribution in [-0.2, 0) is 20.5 Å². The molecule has 0 radical (unpaired) electrons. The third kappa shape index (κ3) is 7.85. The number of hydrogen-bond acceptors (Lipinski definition) is 8. The molecule has 3 aliphatic rings. The minimum Gasteiger partial charge on any atom is -0.494 e. The number of piperazine rings is 1. The summed E-state index contributed by atoms with van der Waals surface area (Å²) in [4.78, 5) is 33.7. The summed E-state index contributed by atoms with van der Waals surface area (Å²) in [6.07, 6.45) is 7.50. The van der Waals surface area contributed by atoms with Crippen LogP contribution in [0.2, 0.25) is 0 Å². The summed E-state index contributed by atoms with van der Waals surface area (Å²) in [5.41, 5.74) is 2.98. The molecule has 1 aliphatic carbocycles. The van der Waals surface area contributed by atoms with Gasteiger partial charge in [0.2, 0.25) is 5.91 Å². The standard InChI is InChI=1S/C35H45ClN6O5/c1-4-45-32-19-25(28-21-37-38-22-28)10-11-26(32)24-42(29-12-13-29)33(43)27-7-6-14-40(23-27)30-8-5-9-31(20-30)46-35(2,3)34(44)39-15-17-41(47-36)18-16-39/h5,8-11,19-22,27,29H,4,6-7,12-18,23-24H2,1-3H3,(H,37,38)/t27-/m1/s1. The third-order valence-electron chi connectivity index (χ3n) is 9.27. The molecule has 0 unspecified atom stereocenters. The first-order valence-electron chi connectivity index (χ1n) is 16.7. The highest BCUT2D eigenvalue weighted by Crippen LogP contribution is 2.36. The SMILES string of the molecule is CCOc1cc(-c2cn[nH]c2)ccc1CN(C(=O)[C@@H]1CCCN(c2cccc(OC(C)(C)C(=O)N3CCN(OCl)CC3)c2)C1)C1CC1. The van der Waals surface area contributed by atoms with Gasteiger partial charge in [0.25, 0.3) is 5.91 Å². The van der Waals surface area contributed by atoms with E-state index in [4.69, 9.17) is 25.7 Å². The molecule has 1 atom stereocenters. The second kappa shape index (κ2) is 14.5. The minimum absolute atomic E-state index is 0.0791. The molecule has 2 amide bonds. The van der Waals surface area contributed by atoms with E-state index in [1.807, 2.05) is 37.4 Å². The van der Waals surface area contributed by atoms with Crippen molar-refractivity contribution in [3.63, 3.8) is 0 Å². The lowest BCUT2D eigenvalue weighted by Crippen LogP contribution is -2.55. The average molecular weight is 665 g/mol. The molecule has 3 heterocycles. The first-order valence-corrected chi connectivity index (χ1v) is 17.0. The van der Waals surface area contributed by atoms with E-state index in [1.165, 1.54) is 0 Å². The lowest BCUT2D eigenvalue weighted by Gasteiger charge is -2.38. The Morgan fingerprint density at radius 3 is 2.55 bits per heavy atom. The molecule has 252 valence electrons. The number of aromatic nitrogens is 2. The maximum absolute atomic E-state index is 14.2. The number of amides is 2. The number of anilines is 1. The molecule has 2 saturated heterocycles. The van der Waals surface area contributed by atoms with Crippen molar-refractivity contribution in [3.05, 3.63) is 60.4 Å². The average Bonchev–Trinajstić information content (AvgIpc) is 3.79. The Hall–Kier alpha value is -3.80. The zero-order valence-corrected chi connectivity index (χ0v) is 28.2. The topological polar surface area (TPSA) is 103 Å². The number of benzene rings is 2. The fourth-order valence-corrected chi connectivity index (χ4v) is 6.73. The number of rotatable bonds is 12. The molecular formula is C35H45ClN6O5. The fourth-order valence-electron chi connectivity index (χ4n) is 6.59. The summed E-state index contributed by atoms with van der Waals surface area (Å²) in [6.45, 7) is 10.3. The van der Waals surface area contributed by atoms with E-state index >= 15 is 0 Å². The minimum atomic E-state index is -1.05. The van der Waals surface area contributed by atoms with Crippen molar-refractivity contribution < 1.29 is 23.5 Å². The summed E-state index contributed by atoms with van der Waals surface area (Å²) >= 11 is 5.48. The van der Waals surface area contributed by atoms with Gasteiger partial charge in [-0.3, -0.25) is 14.7 Å². The van der Waals surface area contributed by atoms with Crippen LogP contribution in [-0.4, -0.2) is 94.4 Å². The molecule has 12 heteroatoms. The highest BCUT2D eigenvalue weighted by molar-refractivity contribution is 6.07. The maximum atomic E-state index is 14.2. The number of carbonyl (C=O) groups is 2. The molecule has 1 saturated carbocycles. The van der Waals surface area contributed by atoms with Crippen LogP contribution in [0.3, 0.4) is 0 Å². The van der Waals surface area contributed by atoms with Crippen molar-refractivity contribution in [1.29, 1.82) is 0 Å². The first kappa shape index (κ1) is 33.1. The summed E-state index contributed by atoms with van der Waals surface area (Å²) in [6, 6.07) is 14.3. The normalized spacial score (nSPS) is 19.0. The molecule has 0 spiro atoms. The summed E-state index contributed by atoms with van der Waals surface area (Å²) < 4.78 is 17.1. The number of ether oxygens (including phenoxy) is 2. The van der Waals surface area contributed by atoms with Crippen molar-refractivity contribution >= 4 is 29.4 Å². The van der Waals surface area contributed by atoms with Gasteiger partial charge in [-0.25, -0.2) is 0 Å². The van der Waals surface area contributed by atoms with Crippen LogP contribution in [0.4, 0.5) is 5.69 Å². The van der Waals surface area contributed by atoms with Gasteiger partial charge in [-0.2, -0.15) is 14.6 Å². The van der Waals surface area contributed by atoms with Crippen LogP contribution in [0.1, 0.15) is 52.0 Å². The summed E-state index contributed by atoms with van der Waals surface area (Å²) in [5.74, 6) is 1.45. The molecule has 0 bridgehead atoms. The zero-order valence-electron chi connectivity index (χ0n) is 27.5. The highest BCUT2D eigenvalue weighted by Gasteiger charge is 2.39. The van der Waals surface area contributed by atoms with E-state index in [2.05, 4.69) is 38.2 Å². The number of nitrogens with one attached hydrogen (secondary N) is 1. The van der Waals surface area contributed by atoms with E-state index in [-0.39, 0.29) is 23.8 Å². The lowest BCUT2D eigenvalue weighted by molar-refractivity contribution is -0.153. The molecule has 3 aromatic rings. The monoisotopic (exact) mass is 664 g/mol. The summed E-state index contributed by atoms with van der Waals surface area (Å²) in [5, 5.41) is 8.57. The number of hydrogen-bond donors (Lipinski definition) is 1. The summed E-state index contributed by atoms with van der Waals surface area (Å²) in [7, 11) is 0. The Balaban J connectivity index is 1.12. The molecule has 47 heavy (non-hydrogen) atoms. The number of piperidine rings is 1. The Morgan fingerprint density at radius 2 is 1.85 bits per heavy atom. The first-order chi connectivity index (χ1) is 22.8. The third-order valence-corrected chi connectivity index (χ3v) is 9.47. The van der Waals surface area contributed by atoms with Gasteiger partial charge in [-0.1, -0.05) is 18.2 Å². The van der Waals surface area contributed by atoms with Gasteiger partial charge >= 0.3 is 0 Å². The molecule has 1 N–H and O–H groups in total. The predicted molar refractivity (Wildman–Crippen MR) is 180 cm³/mol. The van der Waals surface area contributed by atoms with Crippen molar-refractivity contribution in [2.24, 2.45) is 5.92 Å². The van der Waals surface area contributed by atoms with Crippen molar-refractivity contribution in [1.82, 2.24) is 25.1 Å². The van der Waals surface area contributed by atoms with Crippen LogP contribution >= 0.6 is 11.9 Å². The number of hydroxylamine groups is 2. The highest BCUT2D eigenvalue weighted by atomic mass is 35.5. The Bertz CT molecular complexity index is 1520. The Morgan fingerprint density at radius 1 is 1.04 bits per heavy atom. The zero-order chi connectivity index (χ0) is 33.0. The molecule has 2 aromatic carbocycles. The van der Waals surface area contributed by atoms with Crippen molar-refractivity contribution in [2.75, 3.05) is 50.8 Å². The number of aromatic amines is 1. The van der Waals surface area contributed by atoms with E-state index in [0.29, 0.717) is 51.6 Å². The number of carbonyl (C=O) groups excluding carboxylic acids is 2. The number of halogens is 1. The van der Waals surface area contributed by atoms with E-state index < -0.39 is 5.60 Å². The van der Waals surface area contributed by atoms with E-state index in [0.717, 1.165) is 60.4 Å². The molecule has 1 aromatic heterocycles. The maximum Gasteiger partial charge on any atom is 0.266 e. The van der Waals surface area contributed by atoms with Gasteiger partial charge in [-0.05, 0) is 70.2 Å². The number of H-pyrrole nitrogens is 1. The van der Waals surface area contributed by atoms with Crippen molar-refractivity contribution in [3.8, 4) is 22.6 Å². The van der Waals surface area contributed by atoms with E-state index in [9.17, 15) is 9.59 Å². The van der Waals surface area contributed by atoms with Gasteiger partial charge in [0, 0.05) is 80.9 Å². The van der Waals surface area contributed by atoms with Gasteiger partial charge in [0.05, 0.1) is 30.6 Å². The van der Waals surface area contributed by atoms with Crippen molar-refractivity contribution in [2.45, 2.75) is 64.6 Å². The largest absolute Gasteiger partial charge is 0.494 e. The fraction of sp³-hybridized carbons (Fsp3) is 0.514. The second-order valence-electron chi connectivity index (χ2n) is 13.1. The van der Waals surface area contributed by atoms with Crippen LogP contribution in [0, 0.1) is 5.92 Å².